The number of carbonyl (C=O) groups is 3. The van der Waals surface area contributed by atoms with Gasteiger partial charge in [-0.1, -0.05) is 36.4 Å². The second kappa shape index (κ2) is 14.9. The Labute approximate surface area is 232 Å². The summed E-state index contributed by atoms with van der Waals surface area (Å²) in [7, 11) is 1.52. The number of nitrogens with one attached hydrogen (secondary N) is 1. The van der Waals surface area contributed by atoms with Gasteiger partial charge in [-0.3, -0.25) is 19.3 Å². The largest absolute Gasteiger partial charge is 0.491 e. The summed E-state index contributed by atoms with van der Waals surface area (Å²) in [5.41, 5.74) is 2.73. The quantitative estimate of drug-likeness (QED) is 0.289. The molecule has 0 fully saturated rings. The van der Waals surface area contributed by atoms with Crippen LogP contribution in [0.3, 0.4) is 0 Å². The summed E-state index contributed by atoms with van der Waals surface area (Å²) in [5.74, 6) is 0.311. The van der Waals surface area contributed by atoms with E-state index >= 15 is 0 Å². The van der Waals surface area contributed by atoms with Crippen LogP contribution in [0.5, 0.6) is 11.6 Å². The number of benzene rings is 2. The first-order valence-corrected chi connectivity index (χ1v) is 13.8. The Bertz CT molecular complexity index is 1270. The Balaban J connectivity index is 1.79. The second-order valence-electron chi connectivity index (χ2n) is 8.47. The lowest BCUT2D eigenvalue weighted by molar-refractivity contribution is -0.121. The van der Waals surface area contributed by atoms with Crippen molar-refractivity contribution < 1.29 is 28.6 Å². The number of imide groups is 1. The van der Waals surface area contributed by atoms with E-state index in [9.17, 15) is 14.4 Å². The minimum absolute atomic E-state index is 0.145. The molecule has 1 heterocycles. The van der Waals surface area contributed by atoms with Gasteiger partial charge in [0.15, 0.2) is 5.75 Å². The maximum Gasteiger partial charge on any atom is 0.261 e. The summed E-state index contributed by atoms with van der Waals surface area (Å²) in [5, 5.41) is 2.80. The lowest BCUT2D eigenvalue weighted by atomic mass is 10.0. The van der Waals surface area contributed by atoms with Gasteiger partial charge in [-0.2, -0.15) is 11.8 Å². The van der Waals surface area contributed by atoms with E-state index < -0.39 is 11.9 Å². The van der Waals surface area contributed by atoms with Crippen LogP contribution in [0.4, 0.5) is 5.69 Å². The molecule has 10 heteroatoms. The van der Waals surface area contributed by atoms with E-state index in [1.165, 1.54) is 18.9 Å². The molecule has 2 aromatic carbocycles. The van der Waals surface area contributed by atoms with Crippen LogP contribution in [0.25, 0.3) is 0 Å². The Morgan fingerprint density at radius 2 is 1.87 bits per heavy atom. The average molecular weight is 552 g/mol. The van der Waals surface area contributed by atoms with Gasteiger partial charge in [-0.15, -0.1) is 0 Å². The molecule has 0 aliphatic heterocycles. The van der Waals surface area contributed by atoms with E-state index in [0.717, 1.165) is 10.5 Å². The molecule has 1 unspecified atom stereocenters. The predicted octanol–water partition coefficient (Wildman–Crippen LogP) is 4.66. The zero-order valence-electron chi connectivity index (χ0n) is 22.5. The summed E-state index contributed by atoms with van der Waals surface area (Å²) >= 11 is 1.48. The Morgan fingerprint density at radius 3 is 2.54 bits per heavy atom. The lowest BCUT2D eigenvalue weighted by Gasteiger charge is -2.27. The molecular weight excluding hydrogens is 518 g/mol. The summed E-state index contributed by atoms with van der Waals surface area (Å²) in [6.07, 6.45) is 2.40. The van der Waals surface area contributed by atoms with Crippen molar-refractivity contribution >= 4 is 35.7 Å². The maximum atomic E-state index is 13.7. The topological polar surface area (TPSA) is 107 Å². The first kappa shape index (κ1) is 29.7. The third kappa shape index (κ3) is 7.81. The Kier molecular flexibility index (Phi) is 11.3. The second-order valence-corrected chi connectivity index (χ2v) is 9.38. The minimum atomic E-state index is -0.654. The zero-order chi connectivity index (χ0) is 28.2. The Morgan fingerprint density at radius 1 is 1.10 bits per heavy atom. The van der Waals surface area contributed by atoms with E-state index in [0.29, 0.717) is 48.1 Å². The SMILES string of the molecule is CCOc1nc(C(CSC)N(C=O)C(=O)c2cccc(NC(=O)COCc3ccccc3)c2C)ccc1OC. The normalized spacial score (nSPS) is 11.4. The number of hydrogen-bond acceptors (Lipinski definition) is 8. The molecule has 1 atom stereocenters. The molecule has 3 rings (SSSR count). The fraction of sp³-hybridized carbons (Fsp3) is 0.310. The number of carbonyl (C=O) groups excluding carboxylic acids is 3. The van der Waals surface area contributed by atoms with Crippen molar-refractivity contribution in [1.82, 2.24) is 9.88 Å². The monoisotopic (exact) mass is 551 g/mol. The highest BCUT2D eigenvalue weighted by Crippen LogP contribution is 2.31. The van der Waals surface area contributed by atoms with Gasteiger partial charge < -0.3 is 19.5 Å². The van der Waals surface area contributed by atoms with Crippen LogP contribution >= 0.6 is 11.8 Å². The summed E-state index contributed by atoms with van der Waals surface area (Å²) in [4.78, 5) is 44.1. The van der Waals surface area contributed by atoms with Crippen LogP contribution < -0.4 is 14.8 Å². The number of ether oxygens (including phenoxy) is 3. The van der Waals surface area contributed by atoms with Gasteiger partial charge in [0.1, 0.15) is 6.61 Å². The highest BCUT2D eigenvalue weighted by molar-refractivity contribution is 7.98. The highest BCUT2D eigenvalue weighted by atomic mass is 32.2. The van der Waals surface area contributed by atoms with Crippen molar-refractivity contribution in [3.05, 3.63) is 83.0 Å². The van der Waals surface area contributed by atoms with Gasteiger partial charge in [0, 0.05) is 17.0 Å². The fourth-order valence-electron chi connectivity index (χ4n) is 3.92. The third-order valence-electron chi connectivity index (χ3n) is 5.88. The summed E-state index contributed by atoms with van der Waals surface area (Å²) in [6.45, 7) is 4.10. The number of hydrogen-bond donors (Lipinski definition) is 1. The van der Waals surface area contributed by atoms with E-state index in [1.54, 1.807) is 37.3 Å². The molecule has 3 aromatic rings. The number of amides is 3. The molecule has 0 aliphatic carbocycles. The lowest BCUT2D eigenvalue weighted by Crippen LogP contribution is -2.36. The molecule has 9 nitrogen and oxygen atoms in total. The summed E-state index contributed by atoms with van der Waals surface area (Å²) in [6, 6.07) is 17.3. The molecule has 206 valence electrons. The number of thioether (sulfide) groups is 1. The zero-order valence-corrected chi connectivity index (χ0v) is 23.3. The van der Waals surface area contributed by atoms with Crippen molar-refractivity contribution in [1.29, 1.82) is 0 Å². The molecule has 0 saturated heterocycles. The number of rotatable bonds is 14. The minimum Gasteiger partial charge on any atom is -0.491 e. The molecule has 1 aromatic heterocycles. The van der Waals surface area contributed by atoms with E-state index in [4.69, 9.17) is 14.2 Å². The van der Waals surface area contributed by atoms with E-state index in [1.807, 2.05) is 43.5 Å². The molecule has 0 bridgehead atoms. The molecule has 0 saturated carbocycles. The number of nitrogens with zero attached hydrogens (tertiary/aromatic N) is 2. The number of pyridine rings is 1. The van der Waals surface area contributed by atoms with E-state index in [-0.39, 0.29) is 24.0 Å². The maximum absolute atomic E-state index is 13.7. The number of methoxy groups -OCH3 is 1. The van der Waals surface area contributed by atoms with Crippen molar-refractivity contribution in [2.75, 3.05) is 37.6 Å². The van der Waals surface area contributed by atoms with Gasteiger partial charge >= 0.3 is 0 Å². The van der Waals surface area contributed by atoms with Crippen LogP contribution in [0, 0.1) is 6.92 Å². The number of anilines is 1. The van der Waals surface area contributed by atoms with Crippen molar-refractivity contribution in [3.63, 3.8) is 0 Å². The molecule has 0 aliphatic rings. The molecule has 39 heavy (non-hydrogen) atoms. The van der Waals surface area contributed by atoms with Gasteiger partial charge in [0.05, 0.1) is 32.1 Å². The molecular formula is C29H33N3O6S. The fourth-order valence-corrected chi connectivity index (χ4v) is 4.56. The first-order chi connectivity index (χ1) is 18.9. The number of aromatic nitrogens is 1. The Hall–Kier alpha value is -3.89. The van der Waals surface area contributed by atoms with Gasteiger partial charge in [0.25, 0.3) is 11.8 Å². The third-order valence-corrected chi connectivity index (χ3v) is 6.53. The van der Waals surface area contributed by atoms with Crippen LogP contribution in [-0.2, 0) is 20.9 Å². The first-order valence-electron chi connectivity index (χ1n) is 12.4. The van der Waals surface area contributed by atoms with Crippen molar-refractivity contribution in [3.8, 4) is 11.6 Å². The van der Waals surface area contributed by atoms with Crippen LogP contribution in [0.1, 0.15) is 40.1 Å². The summed E-state index contributed by atoms with van der Waals surface area (Å²) < 4.78 is 16.4. The molecule has 0 spiro atoms. The molecule has 3 amide bonds. The smallest absolute Gasteiger partial charge is 0.261 e. The predicted molar refractivity (Wildman–Crippen MR) is 151 cm³/mol. The standard InChI is InChI=1S/C29H33N3O6S/c1-5-38-28-26(36-3)15-14-24(31-28)25(18-39-4)32(19-33)29(35)22-12-9-13-23(20(22)2)30-27(34)17-37-16-21-10-7-6-8-11-21/h6-15,19,25H,5,16-18H2,1-4H3,(H,30,34). The van der Waals surface area contributed by atoms with Crippen molar-refractivity contribution in [2.24, 2.45) is 0 Å². The van der Waals surface area contributed by atoms with Crippen LogP contribution in [0.15, 0.2) is 60.7 Å². The van der Waals surface area contributed by atoms with Crippen LogP contribution in [-0.4, -0.2) is 60.4 Å². The van der Waals surface area contributed by atoms with Gasteiger partial charge in [-0.25, -0.2) is 4.98 Å². The van der Waals surface area contributed by atoms with E-state index in [2.05, 4.69) is 10.3 Å². The van der Waals surface area contributed by atoms with Gasteiger partial charge in [-0.05, 0) is 55.5 Å². The highest BCUT2D eigenvalue weighted by Gasteiger charge is 2.29. The van der Waals surface area contributed by atoms with Crippen LogP contribution in [0.2, 0.25) is 0 Å². The average Bonchev–Trinajstić information content (AvgIpc) is 2.94. The van der Waals surface area contributed by atoms with Gasteiger partial charge in [0.2, 0.25) is 12.3 Å². The molecule has 1 N–H and O–H groups in total. The molecule has 0 radical (unpaired) electrons. The van der Waals surface area contributed by atoms with Crippen molar-refractivity contribution in [2.45, 2.75) is 26.5 Å².